The molecule has 30 valence electrons. The van der Waals surface area contributed by atoms with Crippen LogP contribution in [0.2, 0.25) is 0 Å². The number of rotatable bonds is 0. The Balaban J connectivity index is 2.94. The van der Waals surface area contributed by atoms with Crippen LogP contribution >= 0.6 is 49.1 Å². The molecule has 0 fully saturated rings. The molecule has 0 aliphatic rings. The molecule has 0 rings (SSSR count). The summed E-state index contributed by atoms with van der Waals surface area (Å²) in [7, 11) is 0. The van der Waals surface area contributed by atoms with Crippen molar-refractivity contribution >= 4 is 49.1 Å². The van der Waals surface area contributed by atoms with Crippen molar-refractivity contribution in [1.82, 2.24) is 0 Å². The molecule has 0 aromatic rings. The Hall–Kier alpha value is 1.75. The van der Waals surface area contributed by atoms with E-state index in [1.54, 1.807) is 0 Å². The maximum atomic E-state index is 4.98. The van der Waals surface area contributed by atoms with Crippen LogP contribution in [0.1, 0.15) is 0 Å². The minimum absolute atomic E-state index is 0.814. The summed E-state index contributed by atoms with van der Waals surface area (Å²) in [5.41, 5.74) is 0. The molecule has 0 heterocycles. The van der Waals surface area contributed by atoms with Crippen molar-refractivity contribution in [1.29, 1.82) is 0 Å². The Morgan fingerprint density at radius 3 is 1.80 bits per heavy atom. The zero-order valence-corrected chi connectivity index (χ0v) is 8.68. The molecule has 0 N–H and O–H groups in total. The average molecular weight is 406 g/mol. The van der Waals surface area contributed by atoms with E-state index in [2.05, 4.69) is 41.2 Å². The molecule has 0 amide bonds. The Morgan fingerprint density at radius 1 is 1.60 bits per heavy atom. The summed E-state index contributed by atoms with van der Waals surface area (Å²) in [6, 6.07) is 0. The molecule has 5 heavy (non-hydrogen) atoms. The second-order valence-electron chi connectivity index (χ2n) is 0.306. The Kier molecular flexibility index (Phi) is 5.30. The van der Waals surface area contributed by atoms with Gasteiger partial charge in [-0.25, -0.2) is 0 Å². The van der Waals surface area contributed by atoms with Gasteiger partial charge in [0.05, 0.1) is 0 Å². The van der Waals surface area contributed by atoms with Crippen molar-refractivity contribution in [2.45, 2.75) is 0 Å². The third-order valence-electron chi connectivity index (χ3n) is 0.0825. The van der Waals surface area contributed by atoms with Crippen molar-refractivity contribution < 1.29 is 0 Å². The summed E-state index contributed by atoms with van der Waals surface area (Å²) in [6.45, 7) is 0. The van der Waals surface area contributed by atoms with E-state index in [9.17, 15) is 0 Å². The first kappa shape index (κ1) is 6.75. The second kappa shape index (κ2) is 3.92. The molecule has 3 heteroatoms. The van der Waals surface area contributed by atoms with Crippen LogP contribution in [0.3, 0.4) is 0 Å². The zero-order chi connectivity index (χ0) is 4.28. The molecule has 0 atom stereocenters. The molecule has 0 radical (unpaired) electrons. The number of hydrogen-bond donors (Lipinski definition) is 0. The van der Waals surface area contributed by atoms with Crippen molar-refractivity contribution in [3.8, 4) is 10.4 Å². The van der Waals surface area contributed by atoms with Crippen LogP contribution in [0.4, 0.5) is 0 Å². The SMILES string of the molecule is C#CI(I)I. The Bertz CT molecular complexity index is 50.4. The van der Waals surface area contributed by atoms with Gasteiger partial charge in [0.2, 0.25) is 0 Å². The van der Waals surface area contributed by atoms with E-state index in [1.165, 1.54) is 0 Å². The van der Waals surface area contributed by atoms with Crippen LogP contribution < -0.4 is 0 Å². The molecule has 0 saturated carbocycles. The van der Waals surface area contributed by atoms with E-state index in [1.807, 2.05) is 0 Å². The van der Waals surface area contributed by atoms with Crippen LogP contribution in [-0.2, 0) is 0 Å². The predicted molar refractivity (Wildman–Crippen MR) is 50.9 cm³/mol. The maximum absolute atomic E-state index is 4.98. The summed E-state index contributed by atoms with van der Waals surface area (Å²) in [5.74, 6) is 0. The molecule has 0 saturated heterocycles. The van der Waals surface area contributed by atoms with Gasteiger partial charge in [0.1, 0.15) is 0 Å². The standard InChI is InChI=1S/C2HI3/c1-2-5(3)4/h1H. The summed E-state index contributed by atoms with van der Waals surface area (Å²) in [4.78, 5) is 0. The molecular weight excluding hydrogens is 405 g/mol. The van der Waals surface area contributed by atoms with Crippen LogP contribution in [-0.4, -0.2) is 0 Å². The van der Waals surface area contributed by atoms with Crippen molar-refractivity contribution in [3.63, 3.8) is 0 Å². The molecule has 0 aromatic carbocycles. The molecule has 0 bridgehead atoms. The molecule has 0 aliphatic heterocycles. The average Bonchev–Trinajstić information content (AvgIpc) is 1.38. The molecule has 0 aliphatic carbocycles. The summed E-state index contributed by atoms with van der Waals surface area (Å²) < 4.78 is 2.66. The van der Waals surface area contributed by atoms with Crippen LogP contribution in [0.25, 0.3) is 0 Å². The predicted octanol–water partition coefficient (Wildman–Crippen LogP) is 2.78. The normalized spacial score (nSPS) is 9.40. The minimum atomic E-state index is -0.814. The molecule has 0 unspecified atom stereocenters. The Morgan fingerprint density at radius 2 is 1.80 bits per heavy atom. The van der Waals surface area contributed by atoms with Crippen molar-refractivity contribution in [3.05, 3.63) is 0 Å². The van der Waals surface area contributed by atoms with Crippen LogP contribution in [0.5, 0.6) is 0 Å². The van der Waals surface area contributed by atoms with Gasteiger partial charge in [-0.15, -0.1) is 0 Å². The molecule has 0 aromatic heterocycles. The quantitative estimate of drug-likeness (QED) is 0.429. The van der Waals surface area contributed by atoms with Crippen molar-refractivity contribution in [2.24, 2.45) is 0 Å². The van der Waals surface area contributed by atoms with Gasteiger partial charge in [0.25, 0.3) is 0 Å². The fourth-order valence-electron chi connectivity index (χ4n) is 0. The zero-order valence-electron chi connectivity index (χ0n) is 2.21. The van der Waals surface area contributed by atoms with E-state index in [4.69, 9.17) is 6.42 Å². The van der Waals surface area contributed by atoms with E-state index in [-0.39, 0.29) is 0 Å². The first-order chi connectivity index (χ1) is 2.27. The van der Waals surface area contributed by atoms with Crippen LogP contribution in [0, 0.1) is 10.4 Å². The molecule has 0 spiro atoms. The van der Waals surface area contributed by atoms with Gasteiger partial charge >= 0.3 is 59.5 Å². The number of hydrogen-bond acceptors (Lipinski definition) is 0. The first-order valence-electron chi connectivity index (χ1n) is 0.763. The van der Waals surface area contributed by atoms with Gasteiger partial charge in [0.15, 0.2) is 0 Å². The second-order valence-corrected chi connectivity index (χ2v) is 23.5. The summed E-state index contributed by atoms with van der Waals surface area (Å²) >= 11 is 3.81. The Labute approximate surface area is 58.2 Å². The number of terminal acetylenes is 1. The van der Waals surface area contributed by atoms with Crippen molar-refractivity contribution in [2.75, 3.05) is 0 Å². The van der Waals surface area contributed by atoms with Gasteiger partial charge in [0, 0.05) is 0 Å². The summed E-state index contributed by atoms with van der Waals surface area (Å²) in [6.07, 6.45) is 4.98. The molecular formula is C2HI3. The van der Waals surface area contributed by atoms with Gasteiger partial charge in [-0.1, -0.05) is 0 Å². The van der Waals surface area contributed by atoms with Gasteiger partial charge in [-0.2, -0.15) is 0 Å². The van der Waals surface area contributed by atoms with Gasteiger partial charge in [-0.3, -0.25) is 0 Å². The van der Waals surface area contributed by atoms with Crippen LogP contribution in [0.15, 0.2) is 0 Å². The fraction of sp³-hybridized carbons (Fsp3) is 0. The van der Waals surface area contributed by atoms with E-state index in [0.29, 0.717) is 0 Å². The third kappa shape index (κ3) is 5.75. The van der Waals surface area contributed by atoms with E-state index in [0.717, 1.165) is 0 Å². The topological polar surface area (TPSA) is 0 Å². The van der Waals surface area contributed by atoms with Gasteiger partial charge < -0.3 is 0 Å². The monoisotopic (exact) mass is 406 g/mol. The molecule has 0 nitrogen and oxygen atoms in total. The van der Waals surface area contributed by atoms with E-state index >= 15 is 0 Å². The fourth-order valence-corrected chi connectivity index (χ4v) is 0. The first-order valence-corrected chi connectivity index (χ1v) is 14.4. The van der Waals surface area contributed by atoms with E-state index < -0.39 is 11.9 Å². The van der Waals surface area contributed by atoms with Gasteiger partial charge in [-0.05, 0) is 0 Å². The third-order valence-corrected chi connectivity index (χ3v) is 3.71. The summed E-state index contributed by atoms with van der Waals surface area (Å²) in [5, 5.41) is 0. The number of halogens is 3.